The van der Waals surface area contributed by atoms with Gasteiger partial charge in [-0.15, -0.1) is 0 Å². The monoisotopic (exact) mass is 764 g/mol. The number of nitrogens with two attached hydrogens (primary N) is 1. The minimum atomic E-state index is -0.882. The van der Waals surface area contributed by atoms with Crippen molar-refractivity contribution in [2.45, 2.75) is 32.4 Å². The third-order valence-corrected chi connectivity index (χ3v) is 11.2. The van der Waals surface area contributed by atoms with Gasteiger partial charge in [0.25, 0.3) is 5.91 Å². The number of ether oxygens (including phenoxy) is 4. The molecule has 2 bridgehead atoms. The Morgan fingerprint density at radius 2 is 1.70 bits per heavy atom. The number of piperazine rings is 3. The number of quaternary nitrogens is 2. The summed E-state index contributed by atoms with van der Waals surface area (Å²) in [4.78, 5) is 51.7. The SMILES string of the molecule is C=CCOC(=O)OC(C)[C@H]1C(=O)N2C(C(=O)OCC=C)=C(COc3ccc(CC[N+]45CC[N+](CC(N)=O)(CC4)CC5)cc3I)C(C)[C@H]12. The molecule has 5 aliphatic heterocycles. The second-order valence-electron chi connectivity index (χ2n) is 13.1. The molecular weight excluding hydrogens is 719 g/mol. The maximum absolute atomic E-state index is 13.4. The maximum atomic E-state index is 13.4. The molecular formula is C34H45IN4O8+2. The van der Waals surface area contributed by atoms with Gasteiger partial charge in [0.05, 0.1) is 22.1 Å². The number of esters is 1. The Morgan fingerprint density at radius 1 is 1.06 bits per heavy atom. The van der Waals surface area contributed by atoms with Gasteiger partial charge in [0, 0.05) is 17.9 Å². The second kappa shape index (κ2) is 14.4. The molecule has 0 aliphatic carbocycles. The van der Waals surface area contributed by atoms with Gasteiger partial charge in [-0.25, -0.2) is 9.59 Å². The Morgan fingerprint density at radius 3 is 2.32 bits per heavy atom. The Balaban J connectivity index is 1.23. The number of halogens is 1. The van der Waals surface area contributed by atoms with E-state index in [-0.39, 0.29) is 43.2 Å². The van der Waals surface area contributed by atoms with Crippen LogP contribution >= 0.6 is 22.6 Å². The van der Waals surface area contributed by atoms with Crippen molar-refractivity contribution in [3.05, 3.63) is 63.9 Å². The molecule has 13 heteroatoms. The fourth-order valence-electron chi connectivity index (χ4n) is 7.58. The first-order valence-corrected chi connectivity index (χ1v) is 17.2. The highest BCUT2D eigenvalue weighted by molar-refractivity contribution is 14.1. The van der Waals surface area contributed by atoms with Crippen LogP contribution in [0.3, 0.4) is 0 Å². The average molecular weight is 765 g/mol. The summed E-state index contributed by atoms with van der Waals surface area (Å²) in [7, 11) is 0. The van der Waals surface area contributed by atoms with Crippen LogP contribution in [0.5, 0.6) is 5.75 Å². The van der Waals surface area contributed by atoms with E-state index in [2.05, 4.69) is 47.9 Å². The third-order valence-electron chi connectivity index (χ3n) is 10.3. The Bertz CT molecular complexity index is 1450. The van der Waals surface area contributed by atoms with Crippen molar-refractivity contribution >= 4 is 46.5 Å². The molecule has 2 N–H and O–H groups in total. The van der Waals surface area contributed by atoms with Gasteiger partial charge in [0.15, 0.2) is 6.54 Å². The zero-order chi connectivity index (χ0) is 33.9. The van der Waals surface area contributed by atoms with Crippen LogP contribution in [0.15, 0.2) is 54.8 Å². The van der Waals surface area contributed by atoms with Gasteiger partial charge in [-0.2, -0.15) is 0 Å². The summed E-state index contributed by atoms with van der Waals surface area (Å²) < 4.78 is 24.8. The maximum Gasteiger partial charge on any atom is 0.508 e. The summed E-state index contributed by atoms with van der Waals surface area (Å²) in [6, 6.07) is 5.79. The number of rotatable bonds is 15. The number of nitrogens with zero attached hydrogens (tertiary/aromatic N) is 3. The van der Waals surface area contributed by atoms with Crippen LogP contribution in [0, 0.1) is 15.4 Å². The normalized spacial score (nSPS) is 28.2. The number of amides is 2. The molecule has 254 valence electrons. The lowest BCUT2D eigenvalue weighted by molar-refractivity contribution is -1.08. The largest absolute Gasteiger partial charge is 0.508 e. The third kappa shape index (κ3) is 7.21. The average Bonchev–Trinajstić information content (AvgIpc) is 3.29. The molecule has 0 spiro atoms. The second-order valence-corrected chi connectivity index (χ2v) is 14.3. The van der Waals surface area contributed by atoms with E-state index in [1.807, 2.05) is 13.0 Å². The lowest BCUT2D eigenvalue weighted by Gasteiger charge is -2.55. The molecule has 2 amide bonds. The fourth-order valence-corrected chi connectivity index (χ4v) is 8.32. The van der Waals surface area contributed by atoms with Crippen molar-refractivity contribution in [3.63, 3.8) is 0 Å². The molecule has 1 aromatic carbocycles. The van der Waals surface area contributed by atoms with Crippen molar-refractivity contribution in [2.24, 2.45) is 17.6 Å². The minimum Gasteiger partial charge on any atom is -0.488 e. The topological polar surface area (TPSA) is 134 Å². The van der Waals surface area contributed by atoms with E-state index in [0.29, 0.717) is 17.9 Å². The van der Waals surface area contributed by atoms with Crippen molar-refractivity contribution in [1.82, 2.24) is 4.90 Å². The summed E-state index contributed by atoms with van der Waals surface area (Å²) in [6.45, 7) is 18.5. The Kier molecular flexibility index (Phi) is 10.7. The van der Waals surface area contributed by atoms with Crippen LogP contribution in [-0.2, 0) is 35.0 Å². The Hall–Kier alpha value is -3.43. The molecule has 4 fully saturated rings. The van der Waals surface area contributed by atoms with Gasteiger partial charge in [-0.1, -0.05) is 38.3 Å². The van der Waals surface area contributed by atoms with E-state index < -0.39 is 30.2 Å². The summed E-state index contributed by atoms with van der Waals surface area (Å²) in [5.41, 5.74) is 7.58. The highest BCUT2D eigenvalue weighted by Gasteiger charge is 2.61. The number of fused-ring (bicyclic) bond motifs is 4. The predicted octanol–water partition coefficient (Wildman–Crippen LogP) is 2.55. The predicted molar refractivity (Wildman–Crippen MR) is 181 cm³/mol. The smallest absolute Gasteiger partial charge is 0.488 e. The standard InChI is InChI=1S/C34H44IN4O8/c1-5-17-44-33(42)31-25(22(3)30-29(32(41)37(30)31)23(4)47-34(43)45-18-6-2)21-46-27-8-7-24(19-26(27)35)9-10-38-11-14-39(15-12-38,16-13-38)20-28(36)40/h5-8,19,22-23,29-30H,1-2,9-18,20-21H2,3-4H3,(H-,36,40)/q+1/p+1/t22?,23?,29-,30-,38?,39?/m1/s1. The van der Waals surface area contributed by atoms with Crippen LogP contribution in [0.4, 0.5) is 4.79 Å². The van der Waals surface area contributed by atoms with Crippen LogP contribution in [0.25, 0.3) is 0 Å². The molecule has 1 aromatic rings. The highest BCUT2D eigenvalue weighted by atomic mass is 127. The van der Waals surface area contributed by atoms with Crippen LogP contribution in [0.2, 0.25) is 0 Å². The molecule has 6 rings (SSSR count). The van der Waals surface area contributed by atoms with E-state index in [0.717, 1.165) is 64.8 Å². The molecule has 4 atom stereocenters. The molecule has 0 aromatic heterocycles. The van der Waals surface area contributed by atoms with Gasteiger partial charge in [-0.3, -0.25) is 9.59 Å². The Labute approximate surface area is 289 Å². The van der Waals surface area contributed by atoms with Crippen LogP contribution in [-0.4, -0.2) is 122 Å². The number of primary amides is 1. The van der Waals surface area contributed by atoms with E-state index in [9.17, 15) is 19.2 Å². The van der Waals surface area contributed by atoms with Gasteiger partial charge in [0.2, 0.25) is 5.91 Å². The summed E-state index contributed by atoms with van der Waals surface area (Å²) >= 11 is 2.27. The number of hydrogen-bond donors (Lipinski definition) is 1. The molecule has 0 saturated carbocycles. The van der Waals surface area contributed by atoms with Gasteiger partial charge in [0.1, 0.15) is 76.6 Å². The van der Waals surface area contributed by atoms with E-state index in [1.165, 1.54) is 22.6 Å². The molecule has 47 heavy (non-hydrogen) atoms. The molecule has 5 aliphatic rings. The molecule has 2 unspecified atom stereocenters. The number of carbonyl (C=O) groups is 4. The first-order valence-electron chi connectivity index (χ1n) is 16.1. The molecule has 5 heterocycles. The van der Waals surface area contributed by atoms with Crippen molar-refractivity contribution in [2.75, 3.05) is 72.2 Å². The number of carbonyl (C=O) groups excluding carboxylic acids is 4. The molecule has 0 radical (unpaired) electrons. The molecule has 4 saturated heterocycles. The van der Waals surface area contributed by atoms with Crippen molar-refractivity contribution in [3.8, 4) is 5.75 Å². The van der Waals surface area contributed by atoms with Crippen LogP contribution in [0.1, 0.15) is 19.4 Å². The summed E-state index contributed by atoms with van der Waals surface area (Å²) in [6.07, 6.45) is 2.19. The summed E-state index contributed by atoms with van der Waals surface area (Å²) in [5.74, 6) is -1.37. The van der Waals surface area contributed by atoms with E-state index in [1.54, 1.807) is 6.92 Å². The minimum absolute atomic E-state index is 0.00206. The number of benzene rings is 1. The van der Waals surface area contributed by atoms with Crippen molar-refractivity contribution < 1.29 is 47.1 Å². The van der Waals surface area contributed by atoms with Gasteiger partial charge in [-0.05, 0) is 47.2 Å². The van der Waals surface area contributed by atoms with Crippen LogP contribution < -0.4 is 10.5 Å². The zero-order valence-electron chi connectivity index (χ0n) is 27.2. The first-order chi connectivity index (χ1) is 22.4. The molecule has 12 nitrogen and oxygen atoms in total. The zero-order valence-corrected chi connectivity index (χ0v) is 29.3. The fraction of sp³-hybridized carbons (Fsp3) is 0.529. The number of hydrogen-bond acceptors (Lipinski definition) is 8. The lowest BCUT2D eigenvalue weighted by atomic mass is 9.77. The van der Waals surface area contributed by atoms with E-state index in [4.69, 9.17) is 24.7 Å². The highest BCUT2D eigenvalue weighted by Crippen LogP contribution is 2.48. The van der Waals surface area contributed by atoms with E-state index >= 15 is 0 Å². The van der Waals surface area contributed by atoms with Gasteiger partial charge >= 0.3 is 12.1 Å². The summed E-state index contributed by atoms with van der Waals surface area (Å²) in [5, 5.41) is 0. The quantitative estimate of drug-likeness (QED) is 0.0948. The number of β-lactam (4-membered cyclic amide) rings is 1. The first kappa shape index (κ1) is 34.9. The lowest BCUT2D eigenvalue weighted by Crippen LogP contribution is -2.76. The van der Waals surface area contributed by atoms with Crippen molar-refractivity contribution in [1.29, 1.82) is 0 Å². The van der Waals surface area contributed by atoms with Gasteiger partial charge < -0.3 is 38.5 Å².